The highest BCUT2D eigenvalue weighted by molar-refractivity contribution is 5.67. The van der Waals surface area contributed by atoms with Crippen LogP contribution in [0.3, 0.4) is 0 Å². The molecule has 0 bridgehead atoms. The Bertz CT molecular complexity index is 584. The Morgan fingerprint density at radius 2 is 1.81 bits per heavy atom. The standard InChI is InChI=1S/C22H36N2O3/c1-6-22(7-2)17-19(23-20(25)26-8-3)16-21(4,5)24(22)27-15-14-18-12-10-9-11-13-18/h9-13,19H,6-8,14-17H2,1-5H3,(H,23,25). The summed E-state index contributed by atoms with van der Waals surface area (Å²) in [6, 6.07) is 10.5. The van der Waals surface area contributed by atoms with Gasteiger partial charge in [-0.05, 0) is 58.4 Å². The summed E-state index contributed by atoms with van der Waals surface area (Å²) in [5.74, 6) is 0. The number of hydrogen-bond donors (Lipinski definition) is 1. The van der Waals surface area contributed by atoms with E-state index in [1.165, 1.54) is 5.56 Å². The number of nitrogens with one attached hydrogen (secondary N) is 1. The van der Waals surface area contributed by atoms with Crippen LogP contribution in [0.1, 0.15) is 65.9 Å². The Kier molecular flexibility index (Phi) is 7.68. The van der Waals surface area contributed by atoms with Crippen LogP contribution in [0.4, 0.5) is 4.79 Å². The minimum atomic E-state index is -0.321. The van der Waals surface area contributed by atoms with Gasteiger partial charge in [-0.3, -0.25) is 4.84 Å². The Hall–Kier alpha value is -1.59. The van der Waals surface area contributed by atoms with Crippen molar-refractivity contribution in [2.75, 3.05) is 13.2 Å². The first-order chi connectivity index (χ1) is 12.9. The molecule has 0 spiro atoms. The van der Waals surface area contributed by atoms with Gasteiger partial charge in [0.05, 0.1) is 13.2 Å². The molecule has 152 valence electrons. The Labute approximate surface area is 164 Å². The molecule has 0 radical (unpaired) electrons. The third kappa shape index (κ3) is 5.45. The number of benzene rings is 1. The second kappa shape index (κ2) is 9.56. The lowest BCUT2D eigenvalue weighted by molar-refractivity contribution is -0.293. The molecule has 1 fully saturated rings. The maximum atomic E-state index is 11.9. The molecule has 1 aromatic carbocycles. The summed E-state index contributed by atoms with van der Waals surface area (Å²) in [6.07, 6.45) is 4.21. The second-order valence-corrected chi connectivity index (χ2v) is 8.08. The third-order valence-electron chi connectivity index (χ3n) is 5.72. The number of hydrogen-bond acceptors (Lipinski definition) is 4. The predicted molar refractivity (Wildman–Crippen MR) is 109 cm³/mol. The van der Waals surface area contributed by atoms with Crippen LogP contribution < -0.4 is 5.32 Å². The lowest BCUT2D eigenvalue weighted by Gasteiger charge is -2.56. The van der Waals surface area contributed by atoms with E-state index in [9.17, 15) is 4.79 Å². The van der Waals surface area contributed by atoms with Crippen molar-refractivity contribution in [2.24, 2.45) is 0 Å². The molecule has 0 aliphatic carbocycles. The highest BCUT2D eigenvalue weighted by atomic mass is 16.7. The molecule has 1 heterocycles. The van der Waals surface area contributed by atoms with Crippen LogP contribution in [0.2, 0.25) is 0 Å². The number of amides is 1. The minimum Gasteiger partial charge on any atom is -0.450 e. The highest BCUT2D eigenvalue weighted by Gasteiger charge is 2.50. The largest absolute Gasteiger partial charge is 0.450 e. The number of carbonyl (C=O) groups is 1. The molecule has 1 aromatic rings. The van der Waals surface area contributed by atoms with Gasteiger partial charge in [0.25, 0.3) is 0 Å². The number of hydroxylamine groups is 2. The van der Waals surface area contributed by atoms with Crippen LogP contribution in [0.5, 0.6) is 0 Å². The molecule has 5 heteroatoms. The summed E-state index contributed by atoms with van der Waals surface area (Å²) in [5.41, 5.74) is 1.01. The van der Waals surface area contributed by atoms with E-state index < -0.39 is 0 Å². The molecule has 1 aliphatic heterocycles. The molecule has 1 saturated heterocycles. The average Bonchev–Trinajstić information content (AvgIpc) is 2.63. The van der Waals surface area contributed by atoms with E-state index in [-0.39, 0.29) is 23.2 Å². The van der Waals surface area contributed by atoms with Crippen molar-refractivity contribution in [2.45, 2.75) is 83.8 Å². The van der Waals surface area contributed by atoms with Crippen LogP contribution in [0.25, 0.3) is 0 Å². The fraction of sp³-hybridized carbons (Fsp3) is 0.682. The fourth-order valence-electron chi connectivity index (χ4n) is 4.42. The van der Waals surface area contributed by atoms with Crippen LogP contribution in [0, 0.1) is 0 Å². The van der Waals surface area contributed by atoms with Gasteiger partial charge in [0.2, 0.25) is 0 Å². The van der Waals surface area contributed by atoms with Gasteiger partial charge >= 0.3 is 6.09 Å². The number of ether oxygens (including phenoxy) is 1. The number of carbonyl (C=O) groups excluding carboxylic acids is 1. The summed E-state index contributed by atoms with van der Waals surface area (Å²) in [4.78, 5) is 18.3. The van der Waals surface area contributed by atoms with Crippen molar-refractivity contribution in [3.63, 3.8) is 0 Å². The summed E-state index contributed by atoms with van der Waals surface area (Å²) in [5, 5.41) is 5.29. The van der Waals surface area contributed by atoms with E-state index in [1.54, 1.807) is 0 Å². The zero-order valence-electron chi connectivity index (χ0n) is 17.6. The lowest BCUT2D eigenvalue weighted by atomic mass is 9.74. The predicted octanol–water partition coefficient (Wildman–Crippen LogP) is 4.71. The van der Waals surface area contributed by atoms with Gasteiger partial charge in [0, 0.05) is 17.1 Å². The molecule has 1 N–H and O–H groups in total. The van der Waals surface area contributed by atoms with Crippen LogP contribution >= 0.6 is 0 Å². The number of rotatable bonds is 8. The van der Waals surface area contributed by atoms with Gasteiger partial charge in [0.15, 0.2) is 0 Å². The van der Waals surface area contributed by atoms with E-state index in [0.717, 1.165) is 32.1 Å². The quantitative estimate of drug-likeness (QED) is 0.714. The Balaban J connectivity index is 2.08. The van der Waals surface area contributed by atoms with E-state index >= 15 is 0 Å². The molecule has 27 heavy (non-hydrogen) atoms. The van der Waals surface area contributed by atoms with Crippen LogP contribution in [-0.4, -0.2) is 41.5 Å². The molecule has 1 amide bonds. The van der Waals surface area contributed by atoms with Crippen molar-refractivity contribution in [1.82, 2.24) is 10.4 Å². The van der Waals surface area contributed by atoms with E-state index in [0.29, 0.717) is 13.2 Å². The van der Waals surface area contributed by atoms with Gasteiger partial charge in [0.1, 0.15) is 0 Å². The molecule has 1 atom stereocenters. The van der Waals surface area contributed by atoms with E-state index in [4.69, 9.17) is 9.57 Å². The Morgan fingerprint density at radius 3 is 2.41 bits per heavy atom. The zero-order chi connectivity index (χ0) is 19.9. The topological polar surface area (TPSA) is 50.8 Å². The molecule has 1 aliphatic rings. The summed E-state index contributed by atoms with van der Waals surface area (Å²) >= 11 is 0. The van der Waals surface area contributed by atoms with Crippen molar-refractivity contribution in [3.05, 3.63) is 35.9 Å². The number of nitrogens with zero attached hydrogens (tertiary/aromatic N) is 1. The van der Waals surface area contributed by atoms with E-state index in [2.05, 4.69) is 62.3 Å². The third-order valence-corrected chi connectivity index (χ3v) is 5.72. The monoisotopic (exact) mass is 376 g/mol. The van der Waals surface area contributed by atoms with Crippen molar-refractivity contribution in [3.8, 4) is 0 Å². The van der Waals surface area contributed by atoms with Crippen molar-refractivity contribution >= 4 is 6.09 Å². The smallest absolute Gasteiger partial charge is 0.407 e. The maximum Gasteiger partial charge on any atom is 0.407 e. The summed E-state index contributed by atoms with van der Waals surface area (Å²) < 4.78 is 5.09. The molecule has 5 nitrogen and oxygen atoms in total. The summed E-state index contributed by atoms with van der Waals surface area (Å²) in [7, 11) is 0. The molecule has 0 saturated carbocycles. The molecule has 0 aromatic heterocycles. The van der Waals surface area contributed by atoms with Gasteiger partial charge in [-0.1, -0.05) is 44.2 Å². The zero-order valence-corrected chi connectivity index (χ0v) is 17.6. The Morgan fingerprint density at radius 1 is 1.15 bits per heavy atom. The maximum absolute atomic E-state index is 11.9. The highest BCUT2D eigenvalue weighted by Crippen LogP contribution is 2.42. The number of piperidine rings is 1. The molecule has 1 unspecified atom stereocenters. The normalized spacial score (nSPS) is 21.6. The van der Waals surface area contributed by atoms with E-state index in [1.807, 2.05) is 13.0 Å². The number of alkyl carbamates (subject to hydrolysis) is 1. The first kappa shape index (κ1) is 21.7. The fourth-order valence-corrected chi connectivity index (χ4v) is 4.42. The first-order valence-corrected chi connectivity index (χ1v) is 10.3. The first-order valence-electron chi connectivity index (χ1n) is 10.3. The van der Waals surface area contributed by atoms with Crippen LogP contribution in [-0.2, 0) is 16.0 Å². The van der Waals surface area contributed by atoms with Gasteiger partial charge in [-0.2, -0.15) is 5.06 Å². The average molecular weight is 377 g/mol. The second-order valence-electron chi connectivity index (χ2n) is 8.08. The van der Waals surface area contributed by atoms with Gasteiger partial charge in [-0.15, -0.1) is 0 Å². The molecule has 2 rings (SSSR count). The molecular weight excluding hydrogens is 340 g/mol. The van der Waals surface area contributed by atoms with Crippen LogP contribution in [0.15, 0.2) is 30.3 Å². The SMILES string of the molecule is CCOC(=O)NC1CC(C)(C)N(OCCc2ccccc2)C(CC)(CC)C1. The molecular formula is C22H36N2O3. The van der Waals surface area contributed by atoms with Gasteiger partial charge in [-0.25, -0.2) is 4.79 Å². The lowest BCUT2D eigenvalue weighted by Crippen LogP contribution is -2.66. The van der Waals surface area contributed by atoms with Gasteiger partial charge < -0.3 is 10.1 Å². The summed E-state index contributed by atoms with van der Waals surface area (Å²) in [6.45, 7) is 11.7. The van der Waals surface area contributed by atoms with Crippen molar-refractivity contribution in [1.29, 1.82) is 0 Å². The minimum absolute atomic E-state index is 0.0907. The van der Waals surface area contributed by atoms with Crippen molar-refractivity contribution < 1.29 is 14.4 Å².